The van der Waals surface area contributed by atoms with E-state index in [0.717, 1.165) is 30.5 Å². The Morgan fingerprint density at radius 3 is 2.80 bits per heavy atom. The Morgan fingerprint density at radius 2 is 2.03 bits per heavy atom. The summed E-state index contributed by atoms with van der Waals surface area (Å²) in [4.78, 5) is 19.4. The minimum atomic E-state index is -0.822. The molecule has 1 fully saturated rings. The highest BCUT2D eigenvalue weighted by atomic mass is 32.1. The minimum Gasteiger partial charge on any atom is -0.342 e. The van der Waals surface area contributed by atoms with E-state index < -0.39 is 11.6 Å². The van der Waals surface area contributed by atoms with Gasteiger partial charge < -0.3 is 5.32 Å². The molecule has 1 saturated heterocycles. The van der Waals surface area contributed by atoms with Gasteiger partial charge in [0.1, 0.15) is 5.01 Å². The van der Waals surface area contributed by atoms with Gasteiger partial charge in [0, 0.05) is 35.8 Å². The first-order valence-corrected chi connectivity index (χ1v) is 10.9. The van der Waals surface area contributed by atoms with Gasteiger partial charge in [0.15, 0.2) is 11.6 Å². The number of hydrogen-bond acceptors (Lipinski definition) is 4. The second-order valence-electron chi connectivity index (χ2n) is 7.54. The van der Waals surface area contributed by atoms with Crippen molar-refractivity contribution in [3.05, 3.63) is 87.9 Å². The van der Waals surface area contributed by atoms with E-state index in [1.54, 1.807) is 24.4 Å². The quantitative estimate of drug-likeness (QED) is 0.614. The second-order valence-corrected chi connectivity index (χ2v) is 8.46. The maximum Gasteiger partial charge on any atom is 0.251 e. The third-order valence-electron chi connectivity index (χ3n) is 5.48. The van der Waals surface area contributed by atoms with Gasteiger partial charge in [0.2, 0.25) is 0 Å². The van der Waals surface area contributed by atoms with Crippen molar-refractivity contribution in [3.63, 3.8) is 0 Å². The number of likely N-dealkylation sites (tertiary alicyclic amines) is 1. The van der Waals surface area contributed by atoms with Crippen LogP contribution >= 0.6 is 11.3 Å². The Morgan fingerprint density at radius 1 is 1.20 bits per heavy atom. The Labute approximate surface area is 178 Å². The first-order valence-electron chi connectivity index (χ1n) is 10.0. The predicted octanol–water partition coefficient (Wildman–Crippen LogP) is 4.80. The van der Waals surface area contributed by atoms with Crippen LogP contribution in [0.15, 0.2) is 60.1 Å². The van der Waals surface area contributed by atoms with Crippen LogP contribution in [0.25, 0.3) is 0 Å². The predicted molar refractivity (Wildman–Crippen MR) is 113 cm³/mol. The molecule has 0 radical (unpaired) electrons. The van der Waals surface area contributed by atoms with Crippen molar-refractivity contribution >= 4 is 17.2 Å². The molecule has 2 atom stereocenters. The summed E-state index contributed by atoms with van der Waals surface area (Å²) in [7, 11) is 0. The number of carbonyl (C=O) groups excluding carboxylic acids is 1. The first-order chi connectivity index (χ1) is 14.6. The smallest absolute Gasteiger partial charge is 0.251 e. The van der Waals surface area contributed by atoms with Gasteiger partial charge in [-0.3, -0.25) is 9.69 Å². The van der Waals surface area contributed by atoms with Crippen LogP contribution in [-0.4, -0.2) is 28.9 Å². The van der Waals surface area contributed by atoms with Crippen LogP contribution in [0.3, 0.4) is 0 Å². The highest BCUT2D eigenvalue weighted by Crippen LogP contribution is 2.32. The van der Waals surface area contributed by atoms with Crippen molar-refractivity contribution in [1.29, 1.82) is 0 Å². The largest absolute Gasteiger partial charge is 0.342 e. The van der Waals surface area contributed by atoms with Crippen molar-refractivity contribution in [3.8, 4) is 0 Å². The number of piperidine rings is 1. The molecule has 4 rings (SSSR count). The third kappa shape index (κ3) is 4.74. The van der Waals surface area contributed by atoms with Crippen molar-refractivity contribution in [2.45, 2.75) is 25.4 Å². The van der Waals surface area contributed by atoms with Gasteiger partial charge in [0.05, 0.1) is 6.04 Å². The number of thiazole rings is 1. The summed E-state index contributed by atoms with van der Waals surface area (Å²) in [6.45, 7) is 1.83. The molecular formula is C23H23F2N3OS. The molecule has 2 aromatic carbocycles. The molecule has 1 aromatic heterocycles. The van der Waals surface area contributed by atoms with Crippen LogP contribution in [0.4, 0.5) is 8.78 Å². The van der Waals surface area contributed by atoms with Crippen LogP contribution in [0, 0.1) is 17.6 Å². The molecule has 0 unspecified atom stereocenters. The Hall–Kier alpha value is -2.64. The average Bonchev–Trinajstić information content (AvgIpc) is 3.30. The van der Waals surface area contributed by atoms with E-state index in [0.29, 0.717) is 24.2 Å². The normalized spacial score (nSPS) is 18.1. The van der Waals surface area contributed by atoms with Gasteiger partial charge in [-0.25, -0.2) is 13.8 Å². The van der Waals surface area contributed by atoms with E-state index >= 15 is 0 Å². The number of benzene rings is 2. The average molecular weight is 428 g/mol. The molecule has 0 saturated carbocycles. The van der Waals surface area contributed by atoms with Gasteiger partial charge in [-0.15, -0.1) is 11.3 Å². The molecule has 1 N–H and O–H groups in total. The number of aromatic nitrogens is 1. The van der Waals surface area contributed by atoms with Gasteiger partial charge >= 0.3 is 0 Å². The zero-order valence-electron chi connectivity index (χ0n) is 16.4. The zero-order valence-corrected chi connectivity index (χ0v) is 17.2. The van der Waals surface area contributed by atoms with Crippen LogP contribution in [-0.2, 0) is 6.54 Å². The topological polar surface area (TPSA) is 45.2 Å². The summed E-state index contributed by atoms with van der Waals surface area (Å²) in [5.74, 6) is -1.61. The van der Waals surface area contributed by atoms with E-state index in [4.69, 9.17) is 0 Å². The van der Waals surface area contributed by atoms with E-state index in [-0.39, 0.29) is 17.9 Å². The molecule has 2 heterocycles. The van der Waals surface area contributed by atoms with Crippen molar-refractivity contribution in [2.24, 2.45) is 5.92 Å². The van der Waals surface area contributed by atoms with Gasteiger partial charge in [0.25, 0.3) is 5.91 Å². The fraction of sp³-hybridized carbons (Fsp3) is 0.304. The van der Waals surface area contributed by atoms with Crippen molar-refractivity contribution < 1.29 is 13.6 Å². The summed E-state index contributed by atoms with van der Waals surface area (Å²) < 4.78 is 27.7. The highest BCUT2D eigenvalue weighted by Gasteiger charge is 2.31. The standard InChI is InChI=1S/C23H23F2N3OS/c24-19-10-4-8-17(20(19)25)14-28-12-5-9-18(15-28)21(23-26-11-13-30-23)27-22(29)16-6-2-1-3-7-16/h1-4,6-8,10-11,13,18,21H,5,9,12,14-15H2,(H,27,29)/t18-,21-/m1/s1. The molecule has 156 valence electrons. The number of rotatable bonds is 6. The van der Waals surface area contributed by atoms with Crippen molar-refractivity contribution in [1.82, 2.24) is 15.2 Å². The monoisotopic (exact) mass is 427 g/mol. The Kier molecular flexibility index (Phi) is 6.50. The number of carbonyl (C=O) groups is 1. The first kappa shape index (κ1) is 20.6. The van der Waals surface area contributed by atoms with Crippen molar-refractivity contribution in [2.75, 3.05) is 13.1 Å². The molecule has 3 aromatic rings. The maximum atomic E-state index is 14.1. The molecule has 30 heavy (non-hydrogen) atoms. The van der Waals surface area contributed by atoms with E-state index in [1.165, 1.54) is 17.4 Å². The molecule has 4 nitrogen and oxygen atoms in total. The minimum absolute atomic E-state index is 0.134. The lowest BCUT2D eigenvalue weighted by Gasteiger charge is -2.36. The summed E-state index contributed by atoms with van der Waals surface area (Å²) >= 11 is 1.52. The van der Waals surface area contributed by atoms with Crippen LogP contribution in [0.1, 0.15) is 39.8 Å². The third-order valence-corrected chi connectivity index (χ3v) is 6.34. The lowest BCUT2D eigenvalue weighted by Crippen LogP contribution is -2.42. The molecule has 1 aliphatic rings. The lowest BCUT2D eigenvalue weighted by atomic mass is 9.90. The molecule has 0 bridgehead atoms. The van der Waals surface area contributed by atoms with E-state index in [9.17, 15) is 13.6 Å². The summed E-state index contributed by atoms with van der Waals surface area (Å²) in [6.07, 6.45) is 3.59. The SMILES string of the molecule is O=C(N[C@@H](c1nccs1)[C@@H]1CCCN(Cc2cccc(F)c2F)C1)c1ccccc1. The summed E-state index contributed by atoms with van der Waals surface area (Å²) in [6, 6.07) is 13.2. The lowest BCUT2D eigenvalue weighted by molar-refractivity contribution is 0.0877. The van der Waals surface area contributed by atoms with Gasteiger partial charge in [-0.1, -0.05) is 30.3 Å². The Bertz CT molecular complexity index is 981. The highest BCUT2D eigenvalue weighted by molar-refractivity contribution is 7.09. The number of halogens is 2. The van der Waals surface area contributed by atoms with Gasteiger partial charge in [-0.2, -0.15) is 0 Å². The van der Waals surface area contributed by atoms with Crippen LogP contribution in [0.5, 0.6) is 0 Å². The molecule has 7 heteroatoms. The van der Waals surface area contributed by atoms with Crippen LogP contribution < -0.4 is 5.32 Å². The maximum absolute atomic E-state index is 14.1. The number of hydrogen-bond donors (Lipinski definition) is 1. The molecule has 1 aliphatic heterocycles. The Balaban J connectivity index is 1.50. The van der Waals surface area contributed by atoms with Crippen LogP contribution in [0.2, 0.25) is 0 Å². The zero-order chi connectivity index (χ0) is 20.9. The number of amides is 1. The van der Waals surface area contributed by atoms with E-state index in [2.05, 4.69) is 15.2 Å². The molecular weight excluding hydrogens is 404 g/mol. The van der Waals surface area contributed by atoms with E-state index in [1.807, 2.05) is 23.6 Å². The molecule has 0 aliphatic carbocycles. The summed E-state index contributed by atoms with van der Waals surface area (Å²) in [5, 5.41) is 5.93. The summed E-state index contributed by atoms with van der Waals surface area (Å²) in [5.41, 5.74) is 0.961. The fourth-order valence-corrected chi connectivity index (χ4v) is 4.78. The molecule has 1 amide bonds. The second kappa shape index (κ2) is 9.45. The number of nitrogens with zero attached hydrogens (tertiary/aromatic N) is 2. The van der Waals surface area contributed by atoms with Gasteiger partial charge in [-0.05, 0) is 43.5 Å². The fourth-order valence-electron chi connectivity index (χ4n) is 4.00. The number of nitrogens with one attached hydrogen (secondary N) is 1. The molecule has 0 spiro atoms.